The van der Waals surface area contributed by atoms with Crippen LogP contribution in [0.2, 0.25) is 10.0 Å². The minimum atomic E-state index is -4.41. The quantitative estimate of drug-likeness (QED) is 0.554. The average Bonchev–Trinajstić information content (AvgIpc) is 2.82. The number of piperidine rings is 2. The lowest BCUT2D eigenvalue weighted by molar-refractivity contribution is -0.682. The maximum absolute atomic E-state index is 13.4. The summed E-state index contributed by atoms with van der Waals surface area (Å²) in [6.45, 7) is 1.38. The van der Waals surface area contributed by atoms with Crippen molar-refractivity contribution in [1.82, 2.24) is 4.90 Å². The zero-order valence-electron chi connectivity index (χ0n) is 18.5. The molecule has 2 heterocycles. The number of ether oxygens (including phenoxy) is 1. The Bertz CT molecular complexity index is 1230. The zero-order valence-corrected chi connectivity index (χ0v) is 21.7. The van der Waals surface area contributed by atoms with Crippen LogP contribution in [-0.4, -0.2) is 63.4 Å². The van der Waals surface area contributed by atoms with Gasteiger partial charge in [0.05, 0.1) is 10.0 Å². The Morgan fingerprint density at radius 3 is 2.06 bits per heavy atom. The molecule has 12 heteroatoms. The molecule has 2 aliphatic heterocycles. The van der Waals surface area contributed by atoms with Crippen LogP contribution in [0.15, 0.2) is 53.4 Å². The van der Waals surface area contributed by atoms with E-state index in [0.717, 1.165) is 25.9 Å². The van der Waals surface area contributed by atoms with Crippen molar-refractivity contribution in [3.8, 4) is 5.75 Å². The summed E-state index contributed by atoms with van der Waals surface area (Å²) >= 11 is 12.0. The van der Waals surface area contributed by atoms with Gasteiger partial charge in [-0.25, -0.2) is 0 Å². The molecular weight excluding hydrogens is 521 g/mol. The first kappa shape index (κ1) is 25.7. The Kier molecular flexibility index (Phi) is 7.50. The van der Waals surface area contributed by atoms with Crippen LogP contribution in [0.4, 0.5) is 0 Å². The number of sulfonamides is 1. The van der Waals surface area contributed by atoms with Crippen LogP contribution < -0.4 is 9.88 Å². The van der Waals surface area contributed by atoms with Crippen LogP contribution in [0.5, 0.6) is 5.75 Å². The topological polar surface area (TPSA) is 107 Å². The molecule has 2 saturated heterocycles. The molecule has 186 valence electrons. The van der Waals surface area contributed by atoms with Gasteiger partial charge in [0.1, 0.15) is 29.8 Å². The van der Waals surface area contributed by atoms with Gasteiger partial charge in [0, 0.05) is 38.0 Å². The molecule has 0 aliphatic carbocycles. The molecule has 0 aromatic heterocycles. The number of likely N-dealkylation sites (tertiary alicyclic amines) is 1. The second kappa shape index (κ2) is 9.93. The maximum atomic E-state index is 13.4. The molecule has 2 fully saturated rings. The SMILES string of the molecule is NS(=O)(=O)[N+]1(S(=O)(=O)c2ccccc2)CCC(N2CCC(Oc3ccc(Cl)c(Cl)c3)CC2)CC1. The summed E-state index contributed by atoms with van der Waals surface area (Å²) in [6.07, 6.45) is 2.47. The van der Waals surface area contributed by atoms with E-state index in [4.69, 9.17) is 33.1 Å². The molecule has 2 N–H and O–H groups in total. The predicted octanol–water partition coefficient (Wildman–Crippen LogP) is 3.41. The largest absolute Gasteiger partial charge is 0.490 e. The smallest absolute Gasteiger partial charge is 0.382 e. The lowest BCUT2D eigenvalue weighted by Gasteiger charge is -2.43. The van der Waals surface area contributed by atoms with Gasteiger partial charge in [-0.1, -0.05) is 44.7 Å². The molecule has 0 amide bonds. The molecule has 34 heavy (non-hydrogen) atoms. The highest BCUT2D eigenvalue weighted by Crippen LogP contribution is 2.35. The fourth-order valence-electron chi connectivity index (χ4n) is 4.83. The van der Waals surface area contributed by atoms with E-state index in [1.165, 1.54) is 12.1 Å². The van der Waals surface area contributed by atoms with Gasteiger partial charge < -0.3 is 4.74 Å². The predicted molar refractivity (Wildman–Crippen MR) is 131 cm³/mol. The molecule has 0 saturated carbocycles. The van der Waals surface area contributed by atoms with Gasteiger partial charge in [-0.3, -0.25) is 4.90 Å². The van der Waals surface area contributed by atoms with E-state index in [-0.39, 0.29) is 30.1 Å². The standard InChI is InChI=1S/C22H28Cl2N3O5S2/c23-21-7-6-19(16-22(21)24)32-18-8-12-26(13-9-18)17-10-14-27(15-11-17,34(25,30)31)33(28,29)20-4-2-1-3-5-20/h1-7,16-18H,8-15H2,(H2,25,30,31)/q+1. The van der Waals surface area contributed by atoms with Crippen molar-refractivity contribution in [2.45, 2.75) is 42.7 Å². The van der Waals surface area contributed by atoms with Crippen molar-refractivity contribution < 1.29 is 24.9 Å². The summed E-state index contributed by atoms with van der Waals surface area (Å²) in [6, 6.07) is 12.9. The van der Waals surface area contributed by atoms with Crippen LogP contribution in [0.1, 0.15) is 25.7 Å². The zero-order chi connectivity index (χ0) is 24.6. The van der Waals surface area contributed by atoms with Crippen molar-refractivity contribution >= 4 is 43.4 Å². The first-order valence-electron chi connectivity index (χ1n) is 11.1. The van der Waals surface area contributed by atoms with Crippen LogP contribution in [0, 0.1) is 0 Å². The Labute approximate surface area is 211 Å². The molecular formula is C22H28Cl2N3O5S2+. The minimum Gasteiger partial charge on any atom is -0.490 e. The highest BCUT2D eigenvalue weighted by Gasteiger charge is 2.55. The average molecular weight is 550 g/mol. The number of rotatable bonds is 6. The third-order valence-electron chi connectivity index (χ3n) is 6.74. The highest BCUT2D eigenvalue weighted by molar-refractivity contribution is 7.97. The summed E-state index contributed by atoms with van der Waals surface area (Å²) in [7, 11) is -8.63. The second-order valence-corrected chi connectivity index (χ2v) is 13.6. The van der Waals surface area contributed by atoms with E-state index in [0.29, 0.717) is 28.6 Å². The summed E-state index contributed by atoms with van der Waals surface area (Å²) in [4.78, 5) is 2.25. The second-order valence-electron chi connectivity index (χ2n) is 8.73. The van der Waals surface area contributed by atoms with E-state index in [9.17, 15) is 16.8 Å². The Morgan fingerprint density at radius 1 is 0.882 bits per heavy atom. The first-order chi connectivity index (χ1) is 16.0. The van der Waals surface area contributed by atoms with Crippen LogP contribution in [-0.2, 0) is 20.2 Å². The van der Waals surface area contributed by atoms with E-state index >= 15 is 0 Å². The monoisotopic (exact) mass is 548 g/mol. The van der Waals surface area contributed by atoms with E-state index in [1.807, 2.05) is 0 Å². The van der Waals surface area contributed by atoms with Gasteiger partial charge in [0.15, 0.2) is 0 Å². The third kappa shape index (κ3) is 4.95. The Balaban J connectivity index is 1.40. The number of hydrogen-bond donors (Lipinski definition) is 1. The van der Waals surface area contributed by atoms with Crippen molar-refractivity contribution in [3.05, 3.63) is 58.6 Å². The number of halogens is 2. The van der Waals surface area contributed by atoms with Gasteiger partial charge in [0.2, 0.25) is 0 Å². The van der Waals surface area contributed by atoms with Gasteiger partial charge >= 0.3 is 20.2 Å². The molecule has 4 rings (SSSR count). The molecule has 0 unspecified atom stereocenters. The fourth-order valence-corrected chi connectivity index (χ4v) is 8.77. The summed E-state index contributed by atoms with van der Waals surface area (Å²) in [5.41, 5.74) is 0. The highest BCUT2D eigenvalue weighted by atomic mass is 35.5. The van der Waals surface area contributed by atoms with E-state index in [1.54, 1.807) is 36.4 Å². The number of nitrogens with zero attached hydrogens (tertiary/aromatic N) is 2. The van der Waals surface area contributed by atoms with E-state index < -0.39 is 23.5 Å². The molecule has 0 radical (unpaired) electrons. The molecule has 8 nitrogen and oxygen atoms in total. The minimum absolute atomic E-state index is 0.0369. The lowest BCUT2D eigenvalue weighted by Crippen LogP contribution is -2.64. The van der Waals surface area contributed by atoms with Crippen molar-refractivity contribution in [1.29, 1.82) is 0 Å². The Morgan fingerprint density at radius 2 is 1.50 bits per heavy atom. The number of nitrogens with two attached hydrogens (primary N) is 1. The number of benzene rings is 2. The summed E-state index contributed by atoms with van der Waals surface area (Å²) < 4.78 is 56.8. The number of quaternary nitrogens is 1. The summed E-state index contributed by atoms with van der Waals surface area (Å²) in [5, 5.41) is 6.44. The molecule has 2 aromatic carbocycles. The van der Waals surface area contributed by atoms with Crippen LogP contribution in [0.25, 0.3) is 0 Å². The van der Waals surface area contributed by atoms with Gasteiger partial charge in [-0.2, -0.15) is 22.0 Å². The molecule has 0 bridgehead atoms. The van der Waals surface area contributed by atoms with Crippen molar-refractivity contribution in [3.63, 3.8) is 0 Å². The Hall–Kier alpha value is -1.40. The third-order valence-corrected chi connectivity index (χ3v) is 12.1. The van der Waals surface area contributed by atoms with Crippen LogP contribution in [0.3, 0.4) is 0 Å². The molecule has 2 aliphatic rings. The number of hydrogen-bond acceptors (Lipinski definition) is 6. The molecule has 0 atom stereocenters. The lowest BCUT2D eigenvalue weighted by atomic mass is 10.00. The van der Waals surface area contributed by atoms with Crippen LogP contribution >= 0.6 is 23.2 Å². The van der Waals surface area contributed by atoms with Crippen molar-refractivity contribution in [2.24, 2.45) is 5.14 Å². The van der Waals surface area contributed by atoms with Gasteiger partial charge in [-0.15, -0.1) is 0 Å². The fraction of sp³-hybridized carbons (Fsp3) is 0.455. The summed E-state index contributed by atoms with van der Waals surface area (Å²) in [5.74, 6) is 0.673. The normalized spacial score (nSPS) is 25.2. The first-order valence-corrected chi connectivity index (χ1v) is 14.8. The molecule has 0 spiro atoms. The van der Waals surface area contributed by atoms with Gasteiger partial charge in [0.25, 0.3) is 0 Å². The maximum Gasteiger partial charge on any atom is 0.382 e. The van der Waals surface area contributed by atoms with Gasteiger partial charge in [-0.05, 0) is 37.1 Å². The van der Waals surface area contributed by atoms with Crippen molar-refractivity contribution in [2.75, 3.05) is 26.2 Å². The molecule has 2 aromatic rings. The van der Waals surface area contributed by atoms with E-state index in [2.05, 4.69) is 4.90 Å².